The van der Waals surface area contributed by atoms with E-state index >= 15 is 0 Å². The van der Waals surface area contributed by atoms with E-state index in [4.69, 9.17) is 4.74 Å². The van der Waals surface area contributed by atoms with Crippen LogP contribution in [0.4, 0.5) is 0 Å². The molecule has 0 saturated carbocycles. The van der Waals surface area contributed by atoms with E-state index in [1.165, 1.54) is 0 Å². The van der Waals surface area contributed by atoms with Gasteiger partial charge in [-0.25, -0.2) is 4.98 Å². The Morgan fingerprint density at radius 1 is 1.25 bits per heavy atom. The van der Waals surface area contributed by atoms with Gasteiger partial charge in [0.15, 0.2) is 0 Å². The molecule has 2 aromatic rings. The monoisotopic (exact) mass is 271 g/mol. The number of benzene rings is 1. The molecule has 0 unspecified atom stereocenters. The van der Waals surface area contributed by atoms with Crippen molar-refractivity contribution in [2.75, 3.05) is 13.2 Å². The van der Waals surface area contributed by atoms with Gasteiger partial charge in [0.1, 0.15) is 11.6 Å². The van der Waals surface area contributed by atoms with Gasteiger partial charge < -0.3 is 14.2 Å². The lowest BCUT2D eigenvalue weighted by molar-refractivity contribution is -0.133. The van der Waals surface area contributed by atoms with Crippen molar-refractivity contribution in [2.45, 2.75) is 19.5 Å². The molecule has 5 heteroatoms. The number of para-hydroxylation sites is 1. The first-order valence-corrected chi connectivity index (χ1v) is 6.78. The normalized spacial score (nSPS) is 13.9. The van der Waals surface area contributed by atoms with E-state index in [0.717, 1.165) is 24.7 Å². The second kappa shape index (κ2) is 5.77. The van der Waals surface area contributed by atoms with E-state index in [-0.39, 0.29) is 5.91 Å². The van der Waals surface area contributed by atoms with Crippen LogP contribution in [0.5, 0.6) is 5.75 Å². The molecule has 0 atom stereocenters. The van der Waals surface area contributed by atoms with Gasteiger partial charge in [0, 0.05) is 25.5 Å². The zero-order valence-electron chi connectivity index (χ0n) is 11.2. The molecule has 0 spiro atoms. The maximum absolute atomic E-state index is 12.1. The van der Waals surface area contributed by atoms with Gasteiger partial charge in [0.2, 0.25) is 5.91 Å². The Bertz CT molecular complexity index is 580. The summed E-state index contributed by atoms with van der Waals surface area (Å²) in [6.45, 7) is 2.57. The highest BCUT2D eigenvalue weighted by molar-refractivity contribution is 5.76. The molecule has 2 heterocycles. The SMILES string of the molecule is O=C(CCOc1ccccc1)N1CCn2ccnc2C1. The number of carbonyl (C=O) groups excluding carboxylic acids is 1. The number of rotatable bonds is 4. The highest BCUT2D eigenvalue weighted by Gasteiger charge is 2.20. The summed E-state index contributed by atoms with van der Waals surface area (Å²) in [7, 11) is 0. The Hall–Kier alpha value is -2.30. The molecule has 5 nitrogen and oxygen atoms in total. The zero-order valence-corrected chi connectivity index (χ0v) is 11.2. The number of fused-ring (bicyclic) bond motifs is 1. The summed E-state index contributed by atoms with van der Waals surface area (Å²) >= 11 is 0. The molecule has 0 bridgehead atoms. The standard InChI is InChI=1S/C15H17N3O2/c19-15(6-11-20-13-4-2-1-3-5-13)18-10-9-17-8-7-16-14(17)12-18/h1-5,7-8H,6,9-12H2. The van der Waals surface area contributed by atoms with E-state index in [2.05, 4.69) is 9.55 Å². The van der Waals surface area contributed by atoms with Gasteiger partial charge in [-0.1, -0.05) is 18.2 Å². The molecule has 3 rings (SSSR count). The van der Waals surface area contributed by atoms with Crippen molar-refractivity contribution < 1.29 is 9.53 Å². The van der Waals surface area contributed by atoms with Gasteiger partial charge in [0.25, 0.3) is 0 Å². The Kier molecular flexibility index (Phi) is 3.67. The number of ether oxygens (including phenoxy) is 1. The number of carbonyl (C=O) groups is 1. The molecule has 0 fully saturated rings. The minimum absolute atomic E-state index is 0.121. The van der Waals surface area contributed by atoms with Crippen molar-refractivity contribution in [3.05, 3.63) is 48.5 Å². The zero-order chi connectivity index (χ0) is 13.8. The van der Waals surface area contributed by atoms with E-state index < -0.39 is 0 Å². The maximum Gasteiger partial charge on any atom is 0.226 e. The molecule has 1 amide bonds. The lowest BCUT2D eigenvalue weighted by atomic mass is 10.3. The number of hydrogen-bond acceptors (Lipinski definition) is 3. The first kappa shape index (κ1) is 12.7. The van der Waals surface area contributed by atoms with Crippen molar-refractivity contribution in [3.8, 4) is 5.75 Å². The molecule has 1 aliphatic rings. The van der Waals surface area contributed by atoms with Crippen molar-refractivity contribution in [1.82, 2.24) is 14.5 Å². The third kappa shape index (κ3) is 2.82. The number of hydrogen-bond donors (Lipinski definition) is 0. The average molecular weight is 271 g/mol. The van der Waals surface area contributed by atoms with Gasteiger partial charge >= 0.3 is 0 Å². The minimum Gasteiger partial charge on any atom is -0.493 e. The number of nitrogens with zero attached hydrogens (tertiary/aromatic N) is 3. The third-order valence-electron chi connectivity index (χ3n) is 3.43. The third-order valence-corrected chi connectivity index (χ3v) is 3.43. The Balaban J connectivity index is 1.48. The van der Waals surface area contributed by atoms with Gasteiger partial charge in [-0.3, -0.25) is 4.79 Å². The van der Waals surface area contributed by atoms with Crippen molar-refractivity contribution in [3.63, 3.8) is 0 Å². The average Bonchev–Trinajstić information content (AvgIpc) is 2.95. The molecule has 0 radical (unpaired) electrons. The second-order valence-electron chi connectivity index (χ2n) is 4.76. The van der Waals surface area contributed by atoms with Crippen LogP contribution in [0.25, 0.3) is 0 Å². The van der Waals surface area contributed by atoms with Crippen LogP contribution < -0.4 is 4.74 Å². The first-order chi connectivity index (χ1) is 9.83. The molecule has 104 valence electrons. The topological polar surface area (TPSA) is 47.4 Å². The van der Waals surface area contributed by atoms with E-state index in [0.29, 0.717) is 19.6 Å². The number of aromatic nitrogens is 2. The summed E-state index contributed by atoms with van der Waals surface area (Å²) in [5.74, 6) is 1.87. The molecule has 0 saturated heterocycles. The Morgan fingerprint density at radius 2 is 2.10 bits per heavy atom. The molecule has 1 aliphatic heterocycles. The van der Waals surface area contributed by atoms with Crippen LogP contribution in [0.1, 0.15) is 12.2 Å². The predicted molar refractivity (Wildman–Crippen MR) is 74.2 cm³/mol. The summed E-state index contributed by atoms with van der Waals surface area (Å²) in [6, 6.07) is 9.56. The first-order valence-electron chi connectivity index (χ1n) is 6.78. The van der Waals surface area contributed by atoms with Crippen molar-refractivity contribution in [1.29, 1.82) is 0 Å². The lowest BCUT2D eigenvalue weighted by Crippen LogP contribution is -2.38. The largest absolute Gasteiger partial charge is 0.493 e. The van der Waals surface area contributed by atoms with Crippen LogP contribution in [-0.2, 0) is 17.9 Å². The maximum atomic E-state index is 12.1. The van der Waals surface area contributed by atoms with Crippen LogP contribution >= 0.6 is 0 Å². The van der Waals surface area contributed by atoms with Gasteiger partial charge in [-0.05, 0) is 12.1 Å². The van der Waals surface area contributed by atoms with Gasteiger partial charge in [-0.2, -0.15) is 0 Å². The minimum atomic E-state index is 0.121. The summed E-state index contributed by atoms with van der Waals surface area (Å²) in [5.41, 5.74) is 0. The van der Waals surface area contributed by atoms with E-state index in [1.807, 2.05) is 41.4 Å². The molecule has 1 aromatic carbocycles. The van der Waals surface area contributed by atoms with E-state index in [1.54, 1.807) is 6.20 Å². The number of amides is 1. The molecular weight excluding hydrogens is 254 g/mol. The predicted octanol–water partition coefficient (Wildman–Crippen LogP) is 1.69. The fourth-order valence-corrected chi connectivity index (χ4v) is 2.32. The Labute approximate surface area is 117 Å². The van der Waals surface area contributed by atoms with Crippen LogP contribution in [0.15, 0.2) is 42.7 Å². The van der Waals surface area contributed by atoms with E-state index in [9.17, 15) is 4.79 Å². The summed E-state index contributed by atoms with van der Waals surface area (Å²) in [5, 5.41) is 0. The summed E-state index contributed by atoms with van der Waals surface area (Å²) < 4.78 is 7.64. The van der Waals surface area contributed by atoms with Crippen LogP contribution in [0.2, 0.25) is 0 Å². The van der Waals surface area contributed by atoms with Crippen LogP contribution in [-0.4, -0.2) is 33.5 Å². The highest BCUT2D eigenvalue weighted by Crippen LogP contribution is 2.12. The van der Waals surface area contributed by atoms with Crippen molar-refractivity contribution >= 4 is 5.91 Å². The second-order valence-corrected chi connectivity index (χ2v) is 4.76. The number of imidazole rings is 1. The van der Waals surface area contributed by atoms with Gasteiger partial charge in [0.05, 0.1) is 19.6 Å². The fraction of sp³-hybridized carbons (Fsp3) is 0.333. The quantitative estimate of drug-likeness (QED) is 0.850. The van der Waals surface area contributed by atoms with Crippen LogP contribution in [0, 0.1) is 0 Å². The van der Waals surface area contributed by atoms with Gasteiger partial charge in [-0.15, -0.1) is 0 Å². The van der Waals surface area contributed by atoms with Crippen molar-refractivity contribution in [2.24, 2.45) is 0 Å². The Morgan fingerprint density at radius 3 is 2.95 bits per heavy atom. The highest BCUT2D eigenvalue weighted by atomic mass is 16.5. The summed E-state index contributed by atoms with van der Waals surface area (Å²) in [4.78, 5) is 18.2. The molecule has 1 aromatic heterocycles. The molecule has 20 heavy (non-hydrogen) atoms. The fourth-order valence-electron chi connectivity index (χ4n) is 2.32. The molecule has 0 aliphatic carbocycles. The van der Waals surface area contributed by atoms with Crippen LogP contribution in [0.3, 0.4) is 0 Å². The smallest absolute Gasteiger partial charge is 0.226 e. The lowest BCUT2D eigenvalue weighted by Gasteiger charge is -2.27. The summed E-state index contributed by atoms with van der Waals surface area (Å²) in [6.07, 6.45) is 4.13. The molecule has 0 N–H and O–H groups in total. The molecular formula is C15H17N3O2.